The Labute approximate surface area is 99.1 Å². The molecular formula is C10H12N2O4S. The third-order valence-corrected chi connectivity index (χ3v) is 3.78. The van der Waals surface area contributed by atoms with Crippen LogP contribution in [0.4, 0.5) is 0 Å². The first kappa shape index (κ1) is 12.0. The maximum Gasteiger partial charge on any atom is 0.281 e. The first-order valence-electron chi connectivity index (χ1n) is 5.00. The molecule has 1 N–H and O–H groups in total. The van der Waals surface area contributed by atoms with E-state index in [2.05, 4.69) is 4.98 Å². The molecule has 0 unspecified atom stereocenters. The third kappa shape index (κ3) is 2.29. The zero-order valence-electron chi connectivity index (χ0n) is 9.21. The van der Waals surface area contributed by atoms with Gasteiger partial charge < -0.3 is 4.74 Å². The molecule has 7 heteroatoms. The Balaban J connectivity index is 2.16. The van der Waals surface area contributed by atoms with Gasteiger partial charge in [-0.25, -0.2) is 9.71 Å². The van der Waals surface area contributed by atoms with Crippen molar-refractivity contribution in [1.82, 2.24) is 9.71 Å². The number of aromatic nitrogens is 1. The summed E-state index contributed by atoms with van der Waals surface area (Å²) in [7, 11) is -3.89. The van der Waals surface area contributed by atoms with E-state index in [4.69, 9.17) is 4.74 Å². The van der Waals surface area contributed by atoms with E-state index in [0.29, 0.717) is 0 Å². The van der Waals surface area contributed by atoms with Crippen LogP contribution in [0.15, 0.2) is 29.4 Å². The minimum absolute atomic E-state index is 0.169. The quantitative estimate of drug-likeness (QED) is 0.817. The minimum atomic E-state index is -3.89. The average Bonchev–Trinajstić information content (AvgIpc) is 2.26. The van der Waals surface area contributed by atoms with E-state index >= 15 is 0 Å². The normalized spacial score (nSPS) is 18.2. The monoisotopic (exact) mass is 256 g/mol. The fourth-order valence-corrected chi connectivity index (χ4v) is 2.40. The van der Waals surface area contributed by atoms with Crippen molar-refractivity contribution in [2.75, 3.05) is 13.2 Å². The molecule has 0 bridgehead atoms. The molecule has 1 aliphatic rings. The molecule has 1 aromatic heterocycles. The van der Waals surface area contributed by atoms with Gasteiger partial charge >= 0.3 is 0 Å². The number of rotatable bonds is 3. The van der Waals surface area contributed by atoms with Crippen molar-refractivity contribution >= 4 is 15.9 Å². The first-order valence-corrected chi connectivity index (χ1v) is 6.48. The highest BCUT2D eigenvalue weighted by atomic mass is 32.2. The van der Waals surface area contributed by atoms with E-state index in [-0.39, 0.29) is 18.2 Å². The van der Waals surface area contributed by atoms with Crippen molar-refractivity contribution in [3.05, 3.63) is 24.4 Å². The molecular weight excluding hydrogens is 244 g/mol. The lowest BCUT2D eigenvalue weighted by molar-refractivity contribution is -0.155. The summed E-state index contributed by atoms with van der Waals surface area (Å²) in [5.74, 6) is -0.561. The number of hydrogen-bond acceptors (Lipinski definition) is 5. The van der Waals surface area contributed by atoms with Crippen LogP contribution in [-0.2, 0) is 19.6 Å². The zero-order valence-corrected chi connectivity index (χ0v) is 10.0. The van der Waals surface area contributed by atoms with Gasteiger partial charge in [-0.1, -0.05) is 6.07 Å². The van der Waals surface area contributed by atoms with E-state index < -0.39 is 21.3 Å². The molecule has 1 amide bonds. The fraction of sp³-hybridized carbons (Fsp3) is 0.400. The second kappa shape index (κ2) is 4.08. The van der Waals surface area contributed by atoms with Gasteiger partial charge in [-0.15, -0.1) is 0 Å². The van der Waals surface area contributed by atoms with E-state index in [1.165, 1.54) is 12.3 Å². The highest BCUT2D eigenvalue weighted by Crippen LogP contribution is 2.27. The summed E-state index contributed by atoms with van der Waals surface area (Å²) in [6, 6.07) is 4.47. The molecule has 0 spiro atoms. The molecule has 92 valence electrons. The Morgan fingerprint density at radius 3 is 2.65 bits per heavy atom. The van der Waals surface area contributed by atoms with Crippen molar-refractivity contribution in [1.29, 1.82) is 0 Å². The second-order valence-corrected chi connectivity index (χ2v) is 5.79. The smallest absolute Gasteiger partial charge is 0.281 e. The van der Waals surface area contributed by atoms with Gasteiger partial charge in [0.2, 0.25) is 5.91 Å². The summed E-state index contributed by atoms with van der Waals surface area (Å²) in [6.45, 7) is 2.12. The van der Waals surface area contributed by atoms with Gasteiger partial charge in [-0.3, -0.25) is 4.79 Å². The lowest BCUT2D eigenvalue weighted by atomic mass is 9.88. The van der Waals surface area contributed by atoms with Gasteiger partial charge in [0.1, 0.15) is 0 Å². The number of carbonyl (C=O) groups excluding carboxylic acids is 1. The number of nitrogens with zero attached hydrogens (tertiary/aromatic N) is 1. The van der Waals surface area contributed by atoms with Crippen LogP contribution in [0, 0.1) is 5.41 Å². The number of carbonyl (C=O) groups is 1. The van der Waals surface area contributed by atoms with Crippen LogP contribution in [0.2, 0.25) is 0 Å². The average molecular weight is 256 g/mol. The molecule has 0 aromatic carbocycles. The predicted octanol–water partition coefficient (Wildman–Crippen LogP) is -0.0770. The van der Waals surface area contributed by atoms with Gasteiger partial charge in [0, 0.05) is 6.20 Å². The Bertz CT molecular complexity index is 522. The number of ether oxygens (including phenoxy) is 1. The SMILES string of the molecule is CC1(C(=O)NS(=O)(=O)c2ccccn2)COC1. The molecule has 2 rings (SSSR count). The van der Waals surface area contributed by atoms with Crippen LogP contribution in [0.25, 0.3) is 0 Å². The van der Waals surface area contributed by atoms with Crippen molar-refractivity contribution in [3.63, 3.8) is 0 Å². The highest BCUT2D eigenvalue weighted by Gasteiger charge is 2.42. The number of sulfonamides is 1. The largest absolute Gasteiger partial charge is 0.379 e. The summed E-state index contributed by atoms with van der Waals surface area (Å²) in [5, 5.41) is -0.169. The summed E-state index contributed by atoms with van der Waals surface area (Å²) >= 11 is 0. The lowest BCUT2D eigenvalue weighted by Gasteiger charge is -2.35. The van der Waals surface area contributed by atoms with Crippen molar-refractivity contribution in [3.8, 4) is 0 Å². The predicted molar refractivity (Wildman–Crippen MR) is 58.5 cm³/mol. The summed E-state index contributed by atoms with van der Waals surface area (Å²) < 4.78 is 30.5. The van der Waals surface area contributed by atoms with Gasteiger partial charge in [0.25, 0.3) is 10.0 Å². The summed E-state index contributed by atoms with van der Waals surface area (Å²) in [6.07, 6.45) is 1.35. The van der Waals surface area contributed by atoms with Gasteiger partial charge in [-0.05, 0) is 19.1 Å². The zero-order chi connectivity index (χ0) is 12.5. The van der Waals surface area contributed by atoms with Crippen LogP contribution in [-0.4, -0.2) is 32.5 Å². The Morgan fingerprint density at radius 2 is 2.18 bits per heavy atom. The Kier molecular flexibility index (Phi) is 2.88. The van der Waals surface area contributed by atoms with E-state index in [0.717, 1.165) is 0 Å². The Hall–Kier alpha value is -1.47. The van der Waals surface area contributed by atoms with E-state index in [9.17, 15) is 13.2 Å². The molecule has 17 heavy (non-hydrogen) atoms. The number of nitrogens with one attached hydrogen (secondary N) is 1. The van der Waals surface area contributed by atoms with Crippen LogP contribution in [0.5, 0.6) is 0 Å². The van der Waals surface area contributed by atoms with Crippen LogP contribution >= 0.6 is 0 Å². The molecule has 6 nitrogen and oxygen atoms in total. The summed E-state index contributed by atoms with van der Waals surface area (Å²) in [4.78, 5) is 15.4. The molecule has 1 aromatic rings. The molecule has 0 saturated carbocycles. The minimum Gasteiger partial charge on any atom is -0.379 e. The maximum absolute atomic E-state index is 11.8. The molecule has 2 heterocycles. The third-order valence-electron chi connectivity index (χ3n) is 2.53. The standard InChI is InChI=1S/C10H12N2O4S/c1-10(6-16-7-10)9(13)12-17(14,15)8-4-2-3-5-11-8/h2-5H,6-7H2,1H3,(H,12,13). The molecule has 1 aliphatic heterocycles. The van der Waals surface area contributed by atoms with Crippen LogP contribution in [0.1, 0.15) is 6.92 Å². The number of hydrogen-bond donors (Lipinski definition) is 1. The van der Waals surface area contributed by atoms with Gasteiger partial charge in [0.05, 0.1) is 18.6 Å². The van der Waals surface area contributed by atoms with Gasteiger partial charge in [0.15, 0.2) is 5.03 Å². The number of pyridine rings is 1. The van der Waals surface area contributed by atoms with E-state index in [1.807, 2.05) is 4.72 Å². The molecule has 0 radical (unpaired) electrons. The number of amides is 1. The topological polar surface area (TPSA) is 85.4 Å². The highest BCUT2D eigenvalue weighted by molar-refractivity contribution is 7.90. The van der Waals surface area contributed by atoms with E-state index in [1.54, 1.807) is 19.1 Å². The fourth-order valence-electron chi connectivity index (χ4n) is 1.34. The van der Waals surface area contributed by atoms with Crippen LogP contribution < -0.4 is 4.72 Å². The van der Waals surface area contributed by atoms with Crippen molar-refractivity contribution in [2.24, 2.45) is 5.41 Å². The molecule has 0 aliphatic carbocycles. The Morgan fingerprint density at radius 1 is 1.47 bits per heavy atom. The van der Waals surface area contributed by atoms with Crippen LogP contribution in [0.3, 0.4) is 0 Å². The first-order chi connectivity index (χ1) is 7.94. The molecule has 1 saturated heterocycles. The lowest BCUT2D eigenvalue weighted by Crippen LogP contribution is -2.53. The van der Waals surface area contributed by atoms with Crippen molar-refractivity contribution < 1.29 is 17.9 Å². The van der Waals surface area contributed by atoms with Crippen molar-refractivity contribution in [2.45, 2.75) is 11.9 Å². The summed E-state index contributed by atoms with van der Waals surface area (Å²) in [5.41, 5.74) is -0.762. The maximum atomic E-state index is 11.8. The molecule has 0 atom stereocenters. The van der Waals surface area contributed by atoms with Gasteiger partial charge in [-0.2, -0.15) is 8.42 Å². The second-order valence-electron chi connectivity index (χ2n) is 4.16. The molecule has 1 fully saturated rings.